The standard InChI is InChI=1S/C15H16N2O/c1-2-4-12-10(3-1)7-13(12)14-8-17-15(18-14)9-16-11-5-6-11/h1-4,8,11,13,16H,5-7,9H2. The summed E-state index contributed by atoms with van der Waals surface area (Å²) >= 11 is 0. The predicted octanol–water partition coefficient (Wildman–Crippen LogP) is 2.61. The average Bonchev–Trinajstić information content (AvgIpc) is 3.08. The van der Waals surface area contributed by atoms with Crippen LogP contribution in [0.1, 0.15) is 41.5 Å². The third-order valence-electron chi connectivity index (χ3n) is 3.89. The van der Waals surface area contributed by atoms with Gasteiger partial charge in [0.1, 0.15) is 5.76 Å². The molecule has 3 nitrogen and oxygen atoms in total. The molecule has 0 saturated heterocycles. The summed E-state index contributed by atoms with van der Waals surface area (Å²) < 4.78 is 5.85. The highest BCUT2D eigenvalue weighted by atomic mass is 16.4. The van der Waals surface area contributed by atoms with Crippen LogP contribution in [0, 0.1) is 0 Å². The minimum Gasteiger partial charge on any atom is -0.444 e. The van der Waals surface area contributed by atoms with E-state index in [1.807, 2.05) is 6.20 Å². The van der Waals surface area contributed by atoms with E-state index in [9.17, 15) is 0 Å². The monoisotopic (exact) mass is 240 g/mol. The first-order valence-electron chi connectivity index (χ1n) is 6.66. The molecule has 18 heavy (non-hydrogen) atoms. The van der Waals surface area contributed by atoms with Crippen molar-refractivity contribution in [1.82, 2.24) is 10.3 Å². The summed E-state index contributed by atoms with van der Waals surface area (Å²) in [5, 5.41) is 3.42. The smallest absolute Gasteiger partial charge is 0.208 e. The summed E-state index contributed by atoms with van der Waals surface area (Å²) in [5.74, 6) is 2.26. The fourth-order valence-electron chi connectivity index (χ4n) is 2.60. The highest BCUT2D eigenvalue weighted by molar-refractivity contribution is 5.44. The van der Waals surface area contributed by atoms with E-state index in [0.717, 1.165) is 24.6 Å². The Labute approximate surface area is 106 Å². The van der Waals surface area contributed by atoms with Gasteiger partial charge in [0.15, 0.2) is 0 Å². The lowest BCUT2D eigenvalue weighted by Crippen LogP contribution is -2.17. The van der Waals surface area contributed by atoms with Gasteiger partial charge in [-0.05, 0) is 30.4 Å². The van der Waals surface area contributed by atoms with Gasteiger partial charge in [-0.1, -0.05) is 24.3 Å². The van der Waals surface area contributed by atoms with Gasteiger partial charge >= 0.3 is 0 Å². The molecule has 1 N–H and O–H groups in total. The quantitative estimate of drug-likeness (QED) is 0.892. The number of hydrogen-bond acceptors (Lipinski definition) is 3. The van der Waals surface area contributed by atoms with Crippen molar-refractivity contribution in [2.75, 3.05) is 0 Å². The summed E-state index contributed by atoms with van der Waals surface area (Å²) in [5.41, 5.74) is 2.84. The number of hydrogen-bond donors (Lipinski definition) is 1. The Kier molecular flexibility index (Phi) is 2.27. The van der Waals surface area contributed by atoms with E-state index in [2.05, 4.69) is 34.6 Å². The zero-order chi connectivity index (χ0) is 11.9. The van der Waals surface area contributed by atoms with Gasteiger partial charge < -0.3 is 9.73 Å². The molecule has 0 radical (unpaired) electrons. The fourth-order valence-corrected chi connectivity index (χ4v) is 2.60. The van der Waals surface area contributed by atoms with Gasteiger partial charge in [0.05, 0.1) is 12.7 Å². The predicted molar refractivity (Wildman–Crippen MR) is 68.4 cm³/mol. The number of fused-ring (bicyclic) bond motifs is 1. The first-order valence-corrected chi connectivity index (χ1v) is 6.66. The summed E-state index contributed by atoms with van der Waals surface area (Å²) in [4.78, 5) is 4.36. The van der Waals surface area contributed by atoms with Crippen LogP contribution in [-0.4, -0.2) is 11.0 Å². The zero-order valence-electron chi connectivity index (χ0n) is 10.2. The second-order valence-electron chi connectivity index (χ2n) is 5.27. The molecule has 0 spiro atoms. The molecule has 1 unspecified atom stereocenters. The van der Waals surface area contributed by atoms with Crippen LogP contribution in [0.25, 0.3) is 0 Å². The minimum absolute atomic E-state index is 0.420. The van der Waals surface area contributed by atoms with E-state index in [0.29, 0.717) is 12.0 Å². The minimum atomic E-state index is 0.420. The van der Waals surface area contributed by atoms with Crippen LogP contribution >= 0.6 is 0 Å². The molecule has 1 atom stereocenters. The van der Waals surface area contributed by atoms with E-state index in [1.54, 1.807) is 0 Å². The molecule has 4 rings (SSSR count). The Bertz CT molecular complexity index is 571. The van der Waals surface area contributed by atoms with Gasteiger partial charge in [-0.2, -0.15) is 0 Å². The maximum atomic E-state index is 5.85. The molecule has 1 aromatic carbocycles. The first-order chi connectivity index (χ1) is 8.90. The molecule has 3 heteroatoms. The summed E-state index contributed by atoms with van der Waals surface area (Å²) in [7, 11) is 0. The molecule has 1 saturated carbocycles. The van der Waals surface area contributed by atoms with Crippen molar-refractivity contribution in [3.63, 3.8) is 0 Å². The van der Waals surface area contributed by atoms with Gasteiger partial charge in [0, 0.05) is 12.0 Å². The topological polar surface area (TPSA) is 38.1 Å². The molecule has 2 aliphatic carbocycles. The summed E-state index contributed by atoms with van der Waals surface area (Å²) in [6.07, 6.45) is 5.57. The molecule has 0 aliphatic heterocycles. The SMILES string of the molecule is c1ccc2c(c1)CC2c1cnc(CNC2CC2)o1. The van der Waals surface area contributed by atoms with Crippen molar-refractivity contribution in [1.29, 1.82) is 0 Å². The molecule has 1 heterocycles. The maximum Gasteiger partial charge on any atom is 0.208 e. The first kappa shape index (κ1) is 10.3. The molecule has 1 fully saturated rings. The van der Waals surface area contributed by atoms with Crippen molar-refractivity contribution in [3.05, 3.63) is 53.2 Å². The molecule has 1 aromatic heterocycles. The van der Waals surface area contributed by atoms with Crippen molar-refractivity contribution in [3.8, 4) is 0 Å². The second-order valence-corrected chi connectivity index (χ2v) is 5.27. The third kappa shape index (κ3) is 1.75. The largest absolute Gasteiger partial charge is 0.444 e. The zero-order valence-corrected chi connectivity index (χ0v) is 10.2. The Morgan fingerprint density at radius 2 is 2.17 bits per heavy atom. The van der Waals surface area contributed by atoms with Crippen LogP contribution in [0.3, 0.4) is 0 Å². The van der Waals surface area contributed by atoms with Crippen molar-refractivity contribution >= 4 is 0 Å². The van der Waals surface area contributed by atoms with Gasteiger partial charge in [0.25, 0.3) is 0 Å². The van der Waals surface area contributed by atoms with Crippen LogP contribution in [0.2, 0.25) is 0 Å². The van der Waals surface area contributed by atoms with Crippen molar-refractivity contribution in [2.45, 2.75) is 37.8 Å². The van der Waals surface area contributed by atoms with Crippen LogP contribution in [-0.2, 0) is 13.0 Å². The van der Waals surface area contributed by atoms with Gasteiger partial charge in [-0.25, -0.2) is 4.98 Å². The highest BCUT2D eigenvalue weighted by Crippen LogP contribution is 2.39. The Morgan fingerprint density at radius 3 is 3.00 bits per heavy atom. The van der Waals surface area contributed by atoms with E-state index >= 15 is 0 Å². The molecule has 0 bridgehead atoms. The van der Waals surface area contributed by atoms with E-state index in [-0.39, 0.29) is 0 Å². The lowest BCUT2D eigenvalue weighted by atomic mass is 9.76. The van der Waals surface area contributed by atoms with Crippen molar-refractivity contribution in [2.24, 2.45) is 0 Å². The number of rotatable bonds is 4. The number of nitrogens with zero attached hydrogens (tertiary/aromatic N) is 1. The van der Waals surface area contributed by atoms with Crippen LogP contribution in [0.15, 0.2) is 34.9 Å². The van der Waals surface area contributed by atoms with Gasteiger partial charge in [-0.15, -0.1) is 0 Å². The van der Waals surface area contributed by atoms with E-state index in [1.165, 1.54) is 24.0 Å². The van der Waals surface area contributed by atoms with Crippen LogP contribution in [0.5, 0.6) is 0 Å². The molecule has 92 valence electrons. The number of oxazole rings is 1. The number of aromatic nitrogens is 1. The lowest BCUT2D eigenvalue weighted by molar-refractivity contribution is 0.412. The summed E-state index contributed by atoms with van der Waals surface area (Å²) in [6.45, 7) is 0.763. The molecule has 0 amide bonds. The number of benzene rings is 1. The molecule has 2 aliphatic rings. The Hall–Kier alpha value is -1.61. The van der Waals surface area contributed by atoms with E-state index in [4.69, 9.17) is 4.42 Å². The second kappa shape index (κ2) is 3.95. The third-order valence-corrected chi connectivity index (χ3v) is 3.89. The molecule has 2 aromatic rings. The van der Waals surface area contributed by atoms with Crippen LogP contribution in [0.4, 0.5) is 0 Å². The molecular formula is C15H16N2O. The van der Waals surface area contributed by atoms with Crippen molar-refractivity contribution < 1.29 is 4.42 Å². The average molecular weight is 240 g/mol. The van der Waals surface area contributed by atoms with Gasteiger partial charge in [-0.3, -0.25) is 0 Å². The fraction of sp³-hybridized carbons (Fsp3) is 0.400. The maximum absolute atomic E-state index is 5.85. The van der Waals surface area contributed by atoms with Gasteiger partial charge in [0.2, 0.25) is 5.89 Å². The Balaban J connectivity index is 1.49. The normalized spacial score (nSPS) is 21.4. The van der Waals surface area contributed by atoms with E-state index < -0.39 is 0 Å². The number of nitrogens with one attached hydrogen (secondary N) is 1. The molecular weight excluding hydrogens is 224 g/mol. The Morgan fingerprint density at radius 1 is 1.28 bits per heavy atom. The lowest BCUT2D eigenvalue weighted by Gasteiger charge is -2.27. The van der Waals surface area contributed by atoms with Crippen LogP contribution < -0.4 is 5.32 Å². The highest BCUT2D eigenvalue weighted by Gasteiger charge is 2.30. The summed E-state index contributed by atoms with van der Waals surface area (Å²) in [6, 6.07) is 9.27.